The van der Waals surface area contributed by atoms with Gasteiger partial charge in [-0.15, -0.1) is 0 Å². The molecule has 0 aromatic heterocycles. The molecule has 6 nitrogen and oxygen atoms in total. The van der Waals surface area contributed by atoms with Crippen molar-refractivity contribution in [1.29, 1.82) is 0 Å². The first-order valence-electron chi connectivity index (χ1n) is 9.45. The molecule has 0 bridgehead atoms. The van der Waals surface area contributed by atoms with Crippen LogP contribution in [0.1, 0.15) is 33.2 Å². The van der Waals surface area contributed by atoms with Gasteiger partial charge in [-0.05, 0) is 47.5 Å². The molecule has 0 amide bonds. The van der Waals surface area contributed by atoms with Gasteiger partial charge in [-0.25, -0.2) is 13.2 Å². The van der Waals surface area contributed by atoms with Gasteiger partial charge in [-0.3, -0.25) is 0 Å². The lowest BCUT2D eigenvalue weighted by Crippen LogP contribution is -2.38. The zero-order valence-electron chi connectivity index (χ0n) is 16.4. The fourth-order valence-corrected chi connectivity index (χ4v) is 4.56. The number of anilines is 1. The van der Waals surface area contributed by atoms with E-state index in [9.17, 15) is 26.4 Å². The Hall–Kier alpha value is -3.37. The Morgan fingerprint density at radius 3 is 2.41 bits per heavy atom. The number of hydrogen-bond acceptors (Lipinski definition) is 5. The van der Waals surface area contributed by atoms with Gasteiger partial charge in [0.2, 0.25) is 10.0 Å². The Morgan fingerprint density at radius 1 is 0.969 bits per heavy atom. The van der Waals surface area contributed by atoms with E-state index in [2.05, 4.69) is 10.0 Å². The first kappa shape index (κ1) is 21.8. The molecule has 0 saturated carbocycles. The smallest absolute Gasteiger partial charge is 0.416 e. The number of para-hydroxylation sites is 1. The molecule has 3 aromatic rings. The van der Waals surface area contributed by atoms with Crippen LogP contribution in [0.4, 0.5) is 18.9 Å². The molecule has 3 aromatic carbocycles. The third-order valence-corrected chi connectivity index (χ3v) is 6.33. The minimum absolute atomic E-state index is 0.144. The topological polar surface area (TPSA) is 84.5 Å². The van der Waals surface area contributed by atoms with Gasteiger partial charge in [0.25, 0.3) is 0 Å². The average Bonchev–Trinajstić information content (AvgIpc) is 2.77. The number of carbonyl (C=O) groups is 1. The molecule has 4 rings (SSSR count). The van der Waals surface area contributed by atoms with Gasteiger partial charge in [-0.1, -0.05) is 36.4 Å². The first-order chi connectivity index (χ1) is 15.1. The maximum absolute atomic E-state index is 12.8. The number of benzene rings is 3. The summed E-state index contributed by atoms with van der Waals surface area (Å²) in [4.78, 5) is 12.4. The van der Waals surface area contributed by atoms with E-state index in [4.69, 9.17) is 4.74 Å². The second kappa shape index (κ2) is 8.29. The van der Waals surface area contributed by atoms with Crippen molar-refractivity contribution in [1.82, 2.24) is 4.72 Å². The van der Waals surface area contributed by atoms with Crippen molar-refractivity contribution in [3.8, 4) is 0 Å². The quantitative estimate of drug-likeness (QED) is 0.559. The van der Waals surface area contributed by atoms with Crippen molar-refractivity contribution in [2.75, 3.05) is 5.32 Å². The Balaban J connectivity index is 1.44. The number of alkyl halides is 3. The number of ether oxygens (including phenoxy) is 1. The number of nitrogens with one attached hydrogen (secondary N) is 2. The van der Waals surface area contributed by atoms with Crippen LogP contribution in [0.15, 0.2) is 77.7 Å². The van der Waals surface area contributed by atoms with Gasteiger partial charge in [-0.2, -0.15) is 17.9 Å². The third kappa shape index (κ3) is 4.61. The number of carbonyl (C=O) groups excluding carboxylic acids is 1. The van der Waals surface area contributed by atoms with E-state index in [0.29, 0.717) is 11.3 Å². The maximum Gasteiger partial charge on any atom is 0.416 e. The van der Waals surface area contributed by atoms with Gasteiger partial charge in [0, 0.05) is 0 Å². The minimum atomic E-state index is -4.48. The molecular formula is C22H17F3N2O4S. The summed E-state index contributed by atoms with van der Waals surface area (Å²) in [5.41, 5.74) is 0.599. The lowest BCUT2D eigenvalue weighted by molar-refractivity contribution is -0.137. The molecule has 0 saturated heterocycles. The van der Waals surface area contributed by atoms with Crippen LogP contribution in [0.3, 0.4) is 0 Å². The number of esters is 1. The van der Waals surface area contributed by atoms with E-state index < -0.39 is 33.9 Å². The van der Waals surface area contributed by atoms with E-state index in [-0.39, 0.29) is 22.6 Å². The largest absolute Gasteiger partial charge is 0.457 e. The van der Waals surface area contributed by atoms with Gasteiger partial charge < -0.3 is 10.1 Å². The summed E-state index contributed by atoms with van der Waals surface area (Å²) in [7, 11) is -3.70. The monoisotopic (exact) mass is 462 g/mol. The van der Waals surface area contributed by atoms with Crippen LogP contribution in [-0.4, -0.2) is 14.4 Å². The summed E-state index contributed by atoms with van der Waals surface area (Å²) in [5.74, 6) is -0.712. The molecule has 1 unspecified atom stereocenters. The van der Waals surface area contributed by atoms with Crippen LogP contribution in [0.5, 0.6) is 0 Å². The average molecular weight is 462 g/mol. The van der Waals surface area contributed by atoms with Gasteiger partial charge in [0.1, 0.15) is 17.7 Å². The molecule has 0 aliphatic carbocycles. The van der Waals surface area contributed by atoms with E-state index in [1.165, 1.54) is 30.3 Å². The van der Waals surface area contributed by atoms with Crippen LogP contribution in [-0.2, 0) is 27.5 Å². The lowest BCUT2D eigenvalue weighted by atomic mass is 10.1. The van der Waals surface area contributed by atoms with Crippen LogP contribution in [0, 0.1) is 0 Å². The fourth-order valence-electron chi connectivity index (χ4n) is 3.26. The highest BCUT2D eigenvalue weighted by atomic mass is 32.2. The summed E-state index contributed by atoms with van der Waals surface area (Å²) in [6.45, 7) is -0.314. The van der Waals surface area contributed by atoms with Crippen LogP contribution < -0.4 is 10.0 Å². The SMILES string of the molecule is O=C(OCc1cccc(C(F)(F)F)c1)c1ccc(C2Nc3ccccc3S(=O)(=O)N2)cc1. The van der Waals surface area contributed by atoms with E-state index in [0.717, 1.165) is 12.1 Å². The second-order valence-electron chi connectivity index (χ2n) is 7.09. The zero-order chi connectivity index (χ0) is 22.9. The highest BCUT2D eigenvalue weighted by Gasteiger charge is 2.31. The van der Waals surface area contributed by atoms with Crippen molar-refractivity contribution in [2.45, 2.75) is 23.8 Å². The van der Waals surface area contributed by atoms with Gasteiger partial charge in [0.15, 0.2) is 0 Å². The Labute approximate surface area is 182 Å². The van der Waals surface area contributed by atoms with E-state index in [1.54, 1.807) is 30.3 Å². The third-order valence-electron chi connectivity index (χ3n) is 4.85. The predicted octanol–water partition coefficient (Wildman–Crippen LogP) is 4.47. The normalized spacial score (nSPS) is 17.2. The first-order valence-corrected chi connectivity index (χ1v) is 10.9. The van der Waals surface area contributed by atoms with Crippen molar-refractivity contribution >= 4 is 21.7 Å². The van der Waals surface area contributed by atoms with Crippen molar-refractivity contribution in [2.24, 2.45) is 0 Å². The number of sulfonamides is 1. The zero-order valence-corrected chi connectivity index (χ0v) is 17.2. The lowest BCUT2D eigenvalue weighted by Gasteiger charge is -2.28. The Kier molecular flexibility index (Phi) is 5.66. The van der Waals surface area contributed by atoms with Crippen LogP contribution >= 0.6 is 0 Å². The maximum atomic E-state index is 12.8. The predicted molar refractivity (Wildman–Crippen MR) is 110 cm³/mol. The van der Waals surface area contributed by atoms with Crippen molar-refractivity contribution < 1.29 is 31.1 Å². The molecule has 1 aliphatic rings. The molecule has 166 valence electrons. The van der Waals surface area contributed by atoms with Crippen LogP contribution in [0.2, 0.25) is 0 Å². The standard InChI is InChI=1S/C22H17F3N2O4S/c23-22(24,25)17-5-3-4-14(12-17)13-31-21(28)16-10-8-15(9-11-16)20-26-18-6-1-2-7-19(18)32(29,30)27-20/h1-12,20,26-27H,13H2. The molecule has 2 N–H and O–H groups in total. The van der Waals surface area contributed by atoms with Crippen molar-refractivity contribution in [3.05, 3.63) is 95.1 Å². The number of rotatable bonds is 4. The molecule has 0 radical (unpaired) electrons. The molecule has 0 spiro atoms. The van der Waals surface area contributed by atoms with E-state index in [1.807, 2.05) is 0 Å². The van der Waals surface area contributed by atoms with Crippen LogP contribution in [0.25, 0.3) is 0 Å². The summed E-state index contributed by atoms with van der Waals surface area (Å²) in [5, 5.41) is 3.08. The Bertz CT molecular complexity index is 1260. The number of fused-ring (bicyclic) bond motifs is 1. The van der Waals surface area contributed by atoms with Gasteiger partial charge >= 0.3 is 12.1 Å². The molecule has 1 atom stereocenters. The molecule has 32 heavy (non-hydrogen) atoms. The minimum Gasteiger partial charge on any atom is -0.457 e. The molecular weight excluding hydrogens is 445 g/mol. The molecule has 0 fully saturated rings. The molecule has 1 aliphatic heterocycles. The number of halogens is 3. The molecule has 1 heterocycles. The summed E-state index contributed by atoms with van der Waals surface area (Å²) in [6, 6.07) is 17.1. The Morgan fingerprint density at radius 2 is 1.69 bits per heavy atom. The summed E-state index contributed by atoms with van der Waals surface area (Å²) >= 11 is 0. The number of hydrogen-bond donors (Lipinski definition) is 2. The van der Waals surface area contributed by atoms with Crippen molar-refractivity contribution in [3.63, 3.8) is 0 Å². The summed E-state index contributed by atoms with van der Waals surface area (Å²) in [6.07, 6.45) is -5.21. The highest BCUT2D eigenvalue weighted by Crippen LogP contribution is 2.31. The molecule has 10 heteroatoms. The summed E-state index contributed by atoms with van der Waals surface area (Å²) < 4.78 is 70.9. The van der Waals surface area contributed by atoms with E-state index >= 15 is 0 Å². The fraction of sp³-hybridized carbons (Fsp3) is 0.136. The second-order valence-corrected chi connectivity index (χ2v) is 8.77. The highest BCUT2D eigenvalue weighted by molar-refractivity contribution is 7.89. The van der Waals surface area contributed by atoms with Gasteiger partial charge in [0.05, 0.1) is 16.8 Å².